The largest absolute Gasteiger partial charge is 0.382 e. The average Bonchev–Trinajstić information content (AvgIpc) is 3.11. The van der Waals surface area contributed by atoms with Gasteiger partial charge < -0.3 is 15.5 Å². The summed E-state index contributed by atoms with van der Waals surface area (Å²) in [5.74, 6) is 1.31. The van der Waals surface area contributed by atoms with Crippen molar-refractivity contribution in [1.82, 2.24) is 14.3 Å². The molecule has 3 heterocycles. The molecule has 2 aromatic heterocycles. The second-order valence-corrected chi connectivity index (χ2v) is 7.61. The van der Waals surface area contributed by atoms with Crippen LogP contribution in [-0.4, -0.2) is 48.0 Å². The van der Waals surface area contributed by atoms with E-state index in [2.05, 4.69) is 38.6 Å². The Hall–Kier alpha value is -1.18. The number of aryl methyl sites for hydroxylation is 1. The van der Waals surface area contributed by atoms with Gasteiger partial charge in [0.25, 0.3) is 0 Å². The predicted molar refractivity (Wildman–Crippen MR) is 91.2 cm³/mol. The fourth-order valence-corrected chi connectivity index (χ4v) is 4.31. The Bertz CT molecular complexity index is 621. The van der Waals surface area contributed by atoms with Crippen LogP contribution in [0.5, 0.6) is 0 Å². The highest BCUT2D eigenvalue weighted by molar-refractivity contribution is 7.11. The van der Waals surface area contributed by atoms with Crippen LogP contribution in [-0.2, 0) is 0 Å². The Labute approximate surface area is 133 Å². The summed E-state index contributed by atoms with van der Waals surface area (Å²) in [4.78, 5) is 9.26. The highest BCUT2D eigenvalue weighted by Crippen LogP contribution is 2.39. The molecule has 0 saturated carbocycles. The van der Waals surface area contributed by atoms with E-state index in [4.69, 9.17) is 5.73 Å². The first-order chi connectivity index (χ1) is 10.0. The van der Waals surface area contributed by atoms with Crippen molar-refractivity contribution in [3.8, 4) is 11.3 Å². The van der Waals surface area contributed by atoms with Crippen molar-refractivity contribution in [2.24, 2.45) is 5.92 Å². The van der Waals surface area contributed by atoms with E-state index in [1.165, 1.54) is 31.0 Å². The normalized spacial score (nSPS) is 19.3. The van der Waals surface area contributed by atoms with Gasteiger partial charge in [0, 0.05) is 25.5 Å². The Morgan fingerprint density at radius 2 is 2.33 bits per heavy atom. The van der Waals surface area contributed by atoms with E-state index < -0.39 is 0 Å². The van der Waals surface area contributed by atoms with E-state index in [0.29, 0.717) is 11.7 Å². The molecule has 0 spiro atoms. The molecule has 114 valence electrons. The average molecular weight is 323 g/mol. The zero-order valence-corrected chi connectivity index (χ0v) is 14.3. The second-order valence-electron chi connectivity index (χ2n) is 5.80. The molecule has 0 aliphatic carbocycles. The lowest BCUT2D eigenvalue weighted by Crippen LogP contribution is -2.27. The van der Waals surface area contributed by atoms with E-state index in [9.17, 15) is 0 Å². The van der Waals surface area contributed by atoms with Gasteiger partial charge in [-0.3, -0.25) is 0 Å². The molecule has 1 atom stereocenters. The number of nitrogens with two attached hydrogens (primary N) is 1. The molecule has 0 aromatic carbocycles. The van der Waals surface area contributed by atoms with Crippen LogP contribution in [0.3, 0.4) is 0 Å². The molecule has 0 amide bonds. The van der Waals surface area contributed by atoms with Gasteiger partial charge in [0.2, 0.25) is 0 Å². The Morgan fingerprint density at radius 3 is 2.95 bits per heavy atom. The van der Waals surface area contributed by atoms with Gasteiger partial charge in [0.05, 0.1) is 16.3 Å². The van der Waals surface area contributed by atoms with Gasteiger partial charge in [-0.2, -0.15) is 4.37 Å². The fraction of sp³-hybridized carbons (Fsp3) is 0.571. The molecule has 1 fully saturated rings. The molecule has 21 heavy (non-hydrogen) atoms. The molecular weight excluding hydrogens is 302 g/mol. The minimum absolute atomic E-state index is 0.593. The topological polar surface area (TPSA) is 58.3 Å². The van der Waals surface area contributed by atoms with Crippen LogP contribution in [0.15, 0.2) is 5.38 Å². The summed E-state index contributed by atoms with van der Waals surface area (Å²) in [6, 6.07) is 0. The van der Waals surface area contributed by atoms with Crippen molar-refractivity contribution in [3.63, 3.8) is 0 Å². The summed E-state index contributed by atoms with van der Waals surface area (Å²) in [7, 11) is 4.32. The molecule has 5 nitrogen and oxygen atoms in total. The molecule has 2 N–H and O–H groups in total. The van der Waals surface area contributed by atoms with Gasteiger partial charge in [-0.25, -0.2) is 4.98 Å². The fourth-order valence-electron chi connectivity index (χ4n) is 2.92. The lowest BCUT2D eigenvalue weighted by molar-refractivity contribution is 0.396. The van der Waals surface area contributed by atoms with Crippen LogP contribution >= 0.6 is 22.9 Å². The molecule has 0 bridgehead atoms. The van der Waals surface area contributed by atoms with Crippen molar-refractivity contribution in [1.29, 1.82) is 0 Å². The number of hydrogen-bond donors (Lipinski definition) is 1. The zero-order valence-electron chi connectivity index (χ0n) is 12.7. The van der Waals surface area contributed by atoms with Gasteiger partial charge in [0.15, 0.2) is 0 Å². The number of aromatic nitrogens is 2. The van der Waals surface area contributed by atoms with Crippen molar-refractivity contribution in [2.75, 3.05) is 44.4 Å². The molecule has 3 rings (SSSR count). The lowest BCUT2D eigenvalue weighted by Gasteiger charge is -2.22. The van der Waals surface area contributed by atoms with Crippen LogP contribution in [0.25, 0.3) is 11.3 Å². The smallest absolute Gasteiger partial charge is 0.148 e. The van der Waals surface area contributed by atoms with Crippen molar-refractivity contribution < 1.29 is 0 Å². The highest BCUT2D eigenvalue weighted by atomic mass is 32.1. The maximum Gasteiger partial charge on any atom is 0.148 e. The summed E-state index contributed by atoms with van der Waals surface area (Å²) in [5.41, 5.74) is 8.03. The quantitative estimate of drug-likeness (QED) is 0.937. The maximum absolute atomic E-state index is 6.08. The lowest BCUT2D eigenvalue weighted by atomic mass is 10.1. The molecule has 0 radical (unpaired) electrons. The van der Waals surface area contributed by atoms with Crippen LogP contribution in [0.4, 0.5) is 10.8 Å². The molecule has 1 saturated heterocycles. The van der Waals surface area contributed by atoms with E-state index >= 15 is 0 Å². The third kappa shape index (κ3) is 3.04. The Kier molecular flexibility index (Phi) is 4.14. The number of likely N-dealkylation sites (tertiary alicyclic amines) is 1. The predicted octanol–water partition coefficient (Wildman–Crippen LogP) is 2.55. The molecule has 7 heteroatoms. The van der Waals surface area contributed by atoms with Crippen molar-refractivity contribution >= 4 is 33.7 Å². The summed E-state index contributed by atoms with van der Waals surface area (Å²) in [6.07, 6.45) is 1.26. The molecular formula is C14H21N5S2. The molecule has 1 unspecified atom stereocenters. The monoisotopic (exact) mass is 323 g/mol. The first-order valence-electron chi connectivity index (χ1n) is 7.12. The van der Waals surface area contributed by atoms with Gasteiger partial charge >= 0.3 is 0 Å². The third-order valence-corrected chi connectivity index (χ3v) is 5.69. The minimum Gasteiger partial charge on any atom is -0.382 e. The van der Waals surface area contributed by atoms with E-state index in [1.807, 2.05) is 6.92 Å². The van der Waals surface area contributed by atoms with Gasteiger partial charge in [-0.15, -0.1) is 11.3 Å². The van der Waals surface area contributed by atoms with Gasteiger partial charge in [0.1, 0.15) is 10.8 Å². The molecule has 1 aliphatic rings. The Balaban J connectivity index is 1.82. The molecule has 2 aromatic rings. The van der Waals surface area contributed by atoms with Gasteiger partial charge in [-0.1, -0.05) is 0 Å². The highest BCUT2D eigenvalue weighted by Gasteiger charge is 2.24. The standard InChI is InChI=1S/C14H21N5S2/c1-9-16-11(8-20-9)12-13(15)17-21-14(12)19(3)7-10-4-5-18(2)6-10/h8,10H,4-7H2,1-3H3,(H2,15,17). The first kappa shape index (κ1) is 14.7. The number of rotatable bonds is 4. The summed E-state index contributed by atoms with van der Waals surface area (Å²) < 4.78 is 4.34. The SMILES string of the molecule is Cc1nc(-c2c(N)nsc2N(C)CC2CCN(C)C2)cs1. The number of nitrogens with zero attached hydrogens (tertiary/aromatic N) is 4. The van der Waals surface area contributed by atoms with Crippen molar-refractivity contribution in [2.45, 2.75) is 13.3 Å². The maximum atomic E-state index is 6.08. The van der Waals surface area contributed by atoms with Crippen LogP contribution in [0.2, 0.25) is 0 Å². The zero-order chi connectivity index (χ0) is 15.0. The summed E-state index contributed by atoms with van der Waals surface area (Å²) in [6.45, 7) is 5.43. The Morgan fingerprint density at radius 1 is 1.52 bits per heavy atom. The number of anilines is 2. The van der Waals surface area contributed by atoms with E-state index in [-0.39, 0.29) is 0 Å². The van der Waals surface area contributed by atoms with Gasteiger partial charge in [-0.05, 0) is 44.4 Å². The third-order valence-electron chi connectivity index (χ3n) is 3.94. The molecule has 1 aliphatic heterocycles. The second kappa shape index (κ2) is 5.90. The van der Waals surface area contributed by atoms with E-state index in [1.54, 1.807) is 11.3 Å². The van der Waals surface area contributed by atoms with Crippen LogP contribution < -0.4 is 10.6 Å². The number of hydrogen-bond acceptors (Lipinski definition) is 7. The first-order valence-corrected chi connectivity index (χ1v) is 8.77. The van der Waals surface area contributed by atoms with E-state index in [0.717, 1.165) is 27.8 Å². The van der Waals surface area contributed by atoms with Crippen LogP contribution in [0, 0.1) is 12.8 Å². The number of nitrogen functional groups attached to an aromatic ring is 1. The minimum atomic E-state index is 0.593. The summed E-state index contributed by atoms with van der Waals surface area (Å²) in [5, 5.41) is 4.25. The number of thiazole rings is 1. The van der Waals surface area contributed by atoms with Crippen LogP contribution in [0.1, 0.15) is 11.4 Å². The summed E-state index contributed by atoms with van der Waals surface area (Å²) >= 11 is 3.12. The van der Waals surface area contributed by atoms with Crippen molar-refractivity contribution in [3.05, 3.63) is 10.4 Å².